The zero-order chi connectivity index (χ0) is 7.02. The predicted molar refractivity (Wildman–Crippen MR) is 37.6 cm³/mol. The summed E-state index contributed by atoms with van der Waals surface area (Å²) in [5.41, 5.74) is 5.62. The average Bonchev–Trinajstić information content (AvgIpc) is 2.44. The Morgan fingerprint density at radius 3 is 2.33 bits per heavy atom. The maximum Gasteiger partial charge on any atom is 0.0678 e. The van der Waals surface area contributed by atoms with Crippen molar-refractivity contribution in [1.29, 1.82) is 0 Å². The first-order valence-electron chi connectivity index (χ1n) is 3.38. The third kappa shape index (κ3) is 1.41. The normalized spacial score (nSPS) is 37.0. The van der Waals surface area contributed by atoms with E-state index in [4.69, 9.17) is 5.73 Å². The molecule has 0 amide bonds. The second-order valence-electron chi connectivity index (χ2n) is 2.79. The van der Waals surface area contributed by atoms with Crippen molar-refractivity contribution in [2.75, 3.05) is 13.6 Å². The van der Waals surface area contributed by atoms with Crippen LogP contribution in [0.1, 0.15) is 13.8 Å². The monoisotopic (exact) mass is 129 g/mol. The molecular formula is C6H15N3. The molecule has 1 aliphatic rings. The number of hydrogen-bond acceptors (Lipinski definition) is 3. The van der Waals surface area contributed by atoms with Gasteiger partial charge in [-0.25, -0.2) is 10.0 Å². The fraction of sp³-hybridized carbons (Fsp3) is 1.00. The first kappa shape index (κ1) is 6.99. The maximum atomic E-state index is 5.62. The van der Waals surface area contributed by atoms with Gasteiger partial charge in [0.25, 0.3) is 0 Å². The summed E-state index contributed by atoms with van der Waals surface area (Å²) in [4.78, 5) is 0. The molecule has 0 aliphatic carbocycles. The van der Waals surface area contributed by atoms with Crippen molar-refractivity contribution in [3.05, 3.63) is 0 Å². The summed E-state index contributed by atoms with van der Waals surface area (Å²) in [7, 11) is 2.02. The lowest BCUT2D eigenvalue weighted by Crippen LogP contribution is -2.40. The van der Waals surface area contributed by atoms with Crippen LogP contribution in [0.15, 0.2) is 0 Å². The Kier molecular flexibility index (Phi) is 1.75. The smallest absolute Gasteiger partial charge is 0.0678 e. The summed E-state index contributed by atoms with van der Waals surface area (Å²) in [6, 6.07) is 0.709. The lowest BCUT2D eigenvalue weighted by Gasteiger charge is -2.21. The van der Waals surface area contributed by atoms with E-state index in [1.807, 2.05) is 14.0 Å². The molecule has 0 spiro atoms. The second kappa shape index (κ2) is 2.25. The van der Waals surface area contributed by atoms with Gasteiger partial charge in [-0.1, -0.05) is 0 Å². The summed E-state index contributed by atoms with van der Waals surface area (Å²) >= 11 is 0. The largest absolute Gasteiger partial charge is 0.315 e. The molecule has 1 heterocycles. The number of hydrazine groups is 1. The van der Waals surface area contributed by atoms with Crippen molar-refractivity contribution in [3.8, 4) is 0 Å². The fourth-order valence-corrected chi connectivity index (χ4v) is 0.897. The SMILES string of the molecule is CC(N)N(C)N1CC1C. The minimum atomic E-state index is 0.148. The van der Waals surface area contributed by atoms with Crippen molar-refractivity contribution < 1.29 is 0 Å². The average molecular weight is 129 g/mol. The van der Waals surface area contributed by atoms with Gasteiger partial charge in [-0.2, -0.15) is 0 Å². The Labute approximate surface area is 56.4 Å². The topological polar surface area (TPSA) is 32.3 Å². The lowest BCUT2D eigenvalue weighted by atomic mass is 10.6. The van der Waals surface area contributed by atoms with Crippen LogP contribution in [0.2, 0.25) is 0 Å². The number of rotatable bonds is 2. The molecule has 1 aliphatic heterocycles. The van der Waals surface area contributed by atoms with E-state index in [1.54, 1.807) is 0 Å². The molecule has 0 radical (unpaired) electrons. The summed E-state index contributed by atoms with van der Waals surface area (Å²) < 4.78 is 0. The molecule has 3 unspecified atom stereocenters. The third-order valence-corrected chi connectivity index (χ3v) is 1.82. The zero-order valence-corrected chi connectivity index (χ0v) is 6.33. The Hall–Kier alpha value is -0.120. The highest BCUT2D eigenvalue weighted by Crippen LogP contribution is 2.18. The molecule has 0 saturated carbocycles. The highest BCUT2D eigenvalue weighted by atomic mass is 15.7. The van der Waals surface area contributed by atoms with Gasteiger partial charge >= 0.3 is 0 Å². The van der Waals surface area contributed by atoms with Gasteiger partial charge in [0.1, 0.15) is 0 Å². The summed E-state index contributed by atoms with van der Waals surface area (Å²) in [5.74, 6) is 0. The van der Waals surface area contributed by atoms with Crippen LogP contribution in [0.4, 0.5) is 0 Å². The van der Waals surface area contributed by atoms with Crippen LogP contribution in [-0.4, -0.2) is 35.8 Å². The van der Waals surface area contributed by atoms with Crippen LogP contribution in [0.25, 0.3) is 0 Å². The summed E-state index contributed by atoms with van der Waals surface area (Å²) in [5, 5.41) is 4.31. The quantitative estimate of drug-likeness (QED) is 0.415. The van der Waals surface area contributed by atoms with Gasteiger partial charge in [0.2, 0.25) is 0 Å². The molecule has 0 aromatic rings. The van der Waals surface area contributed by atoms with E-state index in [0.29, 0.717) is 6.04 Å². The van der Waals surface area contributed by atoms with Gasteiger partial charge in [0, 0.05) is 19.6 Å². The summed E-state index contributed by atoms with van der Waals surface area (Å²) in [6.45, 7) is 5.35. The lowest BCUT2D eigenvalue weighted by molar-refractivity contribution is 0.0694. The highest BCUT2D eigenvalue weighted by Gasteiger charge is 2.33. The van der Waals surface area contributed by atoms with E-state index in [-0.39, 0.29) is 6.17 Å². The van der Waals surface area contributed by atoms with E-state index in [0.717, 1.165) is 6.54 Å². The Balaban J connectivity index is 2.27. The highest BCUT2D eigenvalue weighted by molar-refractivity contribution is 4.82. The van der Waals surface area contributed by atoms with Gasteiger partial charge in [-0.3, -0.25) is 0 Å². The number of nitrogens with zero attached hydrogens (tertiary/aromatic N) is 2. The minimum absolute atomic E-state index is 0.148. The zero-order valence-electron chi connectivity index (χ0n) is 6.33. The van der Waals surface area contributed by atoms with Gasteiger partial charge in [0.05, 0.1) is 6.17 Å². The molecule has 3 heteroatoms. The Morgan fingerprint density at radius 2 is 2.22 bits per heavy atom. The van der Waals surface area contributed by atoms with Gasteiger partial charge in [-0.05, 0) is 13.8 Å². The first-order valence-corrected chi connectivity index (χ1v) is 3.38. The Morgan fingerprint density at radius 1 is 1.78 bits per heavy atom. The van der Waals surface area contributed by atoms with E-state index < -0.39 is 0 Å². The molecule has 3 atom stereocenters. The molecule has 2 N–H and O–H groups in total. The first-order chi connectivity index (χ1) is 4.13. The number of nitrogens with two attached hydrogens (primary N) is 1. The predicted octanol–water partition coefficient (Wildman–Crippen LogP) is -0.158. The third-order valence-electron chi connectivity index (χ3n) is 1.82. The molecule has 0 bridgehead atoms. The summed E-state index contributed by atoms with van der Waals surface area (Å²) in [6.07, 6.45) is 0.148. The molecular weight excluding hydrogens is 114 g/mol. The molecule has 3 nitrogen and oxygen atoms in total. The van der Waals surface area contributed by atoms with Crippen LogP contribution < -0.4 is 5.73 Å². The van der Waals surface area contributed by atoms with E-state index in [1.165, 1.54) is 0 Å². The van der Waals surface area contributed by atoms with Crippen LogP contribution in [-0.2, 0) is 0 Å². The van der Waals surface area contributed by atoms with Crippen molar-refractivity contribution in [2.45, 2.75) is 26.1 Å². The number of hydrogen-bond donors (Lipinski definition) is 1. The molecule has 0 aromatic heterocycles. The van der Waals surface area contributed by atoms with Crippen LogP contribution in [0.3, 0.4) is 0 Å². The van der Waals surface area contributed by atoms with Crippen molar-refractivity contribution in [3.63, 3.8) is 0 Å². The van der Waals surface area contributed by atoms with E-state index >= 15 is 0 Å². The molecule has 1 saturated heterocycles. The van der Waals surface area contributed by atoms with Crippen molar-refractivity contribution in [2.24, 2.45) is 5.73 Å². The molecule has 1 fully saturated rings. The van der Waals surface area contributed by atoms with Gasteiger partial charge in [-0.15, -0.1) is 0 Å². The van der Waals surface area contributed by atoms with Crippen LogP contribution in [0.5, 0.6) is 0 Å². The minimum Gasteiger partial charge on any atom is -0.315 e. The van der Waals surface area contributed by atoms with Gasteiger partial charge < -0.3 is 5.73 Å². The molecule has 9 heavy (non-hydrogen) atoms. The molecule has 0 aromatic carbocycles. The second-order valence-corrected chi connectivity index (χ2v) is 2.79. The van der Waals surface area contributed by atoms with Crippen molar-refractivity contribution >= 4 is 0 Å². The fourth-order valence-electron chi connectivity index (χ4n) is 0.897. The van der Waals surface area contributed by atoms with E-state index in [9.17, 15) is 0 Å². The molecule has 54 valence electrons. The van der Waals surface area contributed by atoms with Gasteiger partial charge in [0.15, 0.2) is 0 Å². The van der Waals surface area contributed by atoms with Crippen molar-refractivity contribution in [1.82, 2.24) is 10.0 Å². The van der Waals surface area contributed by atoms with Crippen LogP contribution >= 0.6 is 0 Å². The standard InChI is InChI=1S/C6H15N3/c1-5-4-9(5)8(3)6(2)7/h5-6H,4,7H2,1-3H3. The maximum absolute atomic E-state index is 5.62. The van der Waals surface area contributed by atoms with Crippen LogP contribution in [0, 0.1) is 0 Å². The Bertz CT molecular complexity index is 102. The molecule has 1 rings (SSSR count). The van der Waals surface area contributed by atoms with E-state index in [2.05, 4.69) is 16.9 Å².